The van der Waals surface area contributed by atoms with Gasteiger partial charge in [-0.25, -0.2) is 0 Å². The number of hydrogen-bond donors (Lipinski definition) is 1. The van der Waals surface area contributed by atoms with Gasteiger partial charge < -0.3 is 10.2 Å². The fourth-order valence-corrected chi connectivity index (χ4v) is 1.78. The van der Waals surface area contributed by atoms with E-state index in [1.807, 2.05) is 0 Å². The van der Waals surface area contributed by atoms with Gasteiger partial charge in [-0.1, -0.05) is 6.42 Å². The minimum absolute atomic E-state index is 0.0659. The molecule has 1 aliphatic rings. The third kappa shape index (κ3) is 3.53. The number of alkyl halides is 1. The lowest BCUT2D eigenvalue weighted by molar-refractivity contribution is -0.118. The highest BCUT2D eigenvalue weighted by molar-refractivity contribution is 6.27. The molecule has 0 spiro atoms. The number of nitrogens with zero attached hydrogens (tertiary/aromatic N) is 1. The van der Waals surface area contributed by atoms with Gasteiger partial charge in [0.1, 0.15) is 5.88 Å². The van der Waals surface area contributed by atoms with Crippen LogP contribution in [-0.2, 0) is 4.79 Å². The summed E-state index contributed by atoms with van der Waals surface area (Å²) in [7, 11) is 2.11. The Hall–Kier alpha value is -0.280. The Bertz CT molecular complexity index is 175. The van der Waals surface area contributed by atoms with E-state index in [0.717, 1.165) is 13.1 Å². The first-order chi connectivity index (χ1) is 6.24. The van der Waals surface area contributed by atoms with Gasteiger partial charge in [0.2, 0.25) is 5.91 Å². The summed E-state index contributed by atoms with van der Waals surface area (Å²) in [6, 6.07) is 0.501. The summed E-state index contributed by atoms with van der Waals surface area (Å²) in [5, 5.41) is 2.82. The van der Waals surface area contributed by atoms with Gasteiger partial charge in [-0.15, -0.1) is 11.6 Å². The fourth-order valence-electron chi connectivity index (χ4n) is 1.68. The number of amides is 1. The molecule has 0 radical (unpaired) electrons. The van der Waals surface area contributed by atoms with Crippen LogP contribution in [0.4, 0.5) is 0 Å². The first-order valence-electron chi connectivity index (χ1n) is 4.77. The monoisotopic (exact) mass is 204 g/mol. The Morgan fingerprint density at radius 3 is 3.00 bits per heavy atom. The molecular weight excluding hydrogens is 188 g/mol. The average molecular weight is 205 g/mol. The third-order valence-electron chi connectivity index (χ3n) is 2.58. The molecule has 0 aromatic rings. The molecule has 1 aliphatic heterocycles. The summed E-state index contributed by atoms with van der Waals surface area (Å²) < 4.78 is 0. The second-order valence-electron chi connectivity index (χ2n) is 3.57. The molecule has 76 valence electrons. The highest BCUT2D eigenvalue weighted by Gasteiger charge is 2.18. The fraction of sp³-hybridized carbons (Fsp3) is 0.889. The molecule has 1 amide bonds. The molecule has 1 saturated heterocycles. The lowest BCUT2D eigenvalue weighted by Gasteiger charge is -2.32. The molecule has 0 saturated carbocycles. The van der Waals surface area contributed by atoms with Crippen LogP contribution in [0.1, 0.15) is 19.3 Å². The molecule has 0 unspecified atom stereocenters. The van der Waals surface area contributed by atoms with E-state index in [2.05, 4.69) is 17.3 Å². The van der Waals surface area contributed by atoms with Crippen molar-refractivity contribution in [3.05, 3.63) is 0 Å². The highest BCUT2D eigenvalue weighted by atomic mass is 35.5. The van der Waals surface area contributed by atoms with Crippen molar-refractivity contribution >= 4 is 17.5 Å². The molecule has 3 nitrogen and oxygen atoms in total. The summed E-state index contributed by atoms with van der Waals surface area (Å²) in [6.45, 7) is 1.88. The Morgan fingerprint density at radius 1 is 1.62 bits per heavy atom. The van der Waals surface area contributed by atoms with E-state index in [9.17, 15) is 4.79 Å². The highest BCUT2D eigenvalue weighted by Crippen LogP contribution is 2.13. The maximum atomic E-state index is 10.9. The Morgan fingerprint density at radius 2 is 2.38 bits per heavy atom. The van der Waals surface area contributed by atoms with E-state index >= 15 is 0 Å². The SMILES string of the molecule is CN1CCCC[C@@H]1CNC(=O)CCl. The number of likely N-dealkylation sites (N-methyl/N-ethyl adjacent to an activating group) is 1. The first kappa shape index (κ1) is 10.8. The summed E-state index contributed by atoms with van der Waals surface area (Å²) in [5.74, 6) is -0.00294. The molecule has 1 N–H and O–H groups in total. The van der Waals surface area contributed by atoms with Gasteiger partial charge in [-0.2, -0.15) is 0 Å². The first-order valence-corrected chi connectivity index (χ1v) is 5.30. The van der Waals surface area contributed by atoms with Gasteiger partial charge in [-0.05, 0) is 26.4 Å². The Balaban J connectivity index is 2.22. The van der Waals surface area contributed by atoms with Gasteiger partial charge in [0.25, 0.3) is 0 Å². The molecule has 0 bridgehead atoms. The topological polar surface area (TPSA) is 32.3 Å². The number of halogens is 1. The Kier molecular flexibility index (Phi) is 4.53. The Labute approximate surface area is 84.4 Å². The lowest BCUT2D eigenvalue weighted by atomic mass is 10.0. The predicted octanol–water partition coefficient (Wildman–Crippen LogP) is 0.826. The van der Waals surface area contributed by atoms with Crippen molar-refractivity contribution < 1.29 is 4.79 Å². The summed E-state index contributed by atoms with van der Waals surface area (Å²) in [5.41, 5.74) is 0. The van der Waals surface area contributed by atoms with E-state index in [1.165, 1.54) is 19.3 Å². The van der Waals surface area contributed by atoms with Crippen LogP contribution < -0.4 is 5.32 Å². The van der Waals surface area contributed by atoms with Crippen molar-refractivity contribution in [1.82, 2.24) is 10.2 Å². The smallest absolute Gasteiger partial charge is 0.234 e. The van der Waals surface area contributed by atoms with Crippen LogP contribution in [0.3, 0.4) is 0 Å². The van der Waals surface area contributed by atoms with Crippen molar-refractivity contribution in [2.24, 2.45) is 0 Å². The molecule has 4 heteroatoms. The van der Waals surface area contributed by atoms with Gasteiger partial charge in [0, 0.05) is 12.6 Å². The van der Waals surface area contributed by atoms with Crippen LogP contribution in [0.25, 0.3) is 0 Å². The number of carbonyl (C=O) groups is 1. The standard InChI is InChI=1S/C9H17ClN2O/c1-12-5-3-2-4-8(12)7-11-9(13)6-10/h8H,2-7H2,1H3,(H,11,13)/t8-/m1/s1. The number of nitrogens with one attached hydrogen (secondary N) is 1. The van der Waals surface area contributed by atoms with E-state index in [-0.39, 0.29) is 11.8 Å². The molecule has 1 heterocycles. The summed E-state index contributed by atoms with van der Waals surface area (Å²) >= 11 is 5.38. The molecule has 1 fully saturated rings. The molecule has 0 aromatic carbocycles. The molecule has 0 aromatic heterocycles. The maximum Gasteiger partial charge on any atom is 0.234 e. The third-order valence-corrected chi connectivity index (χ3v) is 2.82. The number of carbonyl (C=O) groups excluding carboxylic acids is 1. The number of piperidine rings is 1. The van der Waals surface area contributed by atoms with Gasteiger partial charge >= 0.3 is 0 Å². The van der Waals surface area contributed by atoms with Gasteiger partial charge in [-0.3, -0.25) is 4.79 Å². The van der Waals surface area contributed by atoms with Crippen LogP contribution in [-0.4, -0.2) is 42.9 Å². The second-order valence-corrected chi connectivity index (χ2v) is 3.84. The van der Waals surface area contributed by atoms with E-state index in [0.29, 0.717) is 6.04 Å². The number of likely N-dealkylation sites (tertiary alicyclic amines) is 1. The van der Waals surface area contributed by atoms with Crippen LogP contribution in [0, 0.1) is 0 Å². The maximum absolute atomic E-state index is 10.9. The van der Waals surface area contributed by atoms with Crippen molar-refractivity contribution in [1.29, 1.82) is 0 Å². The minimum atomic E-state index is -0.0689. The van der Waals surface area contributed by atoms with E-state index in [4.69, 9.17) is 11.6 Å². The molecule has 0 aliphatic carbocycles. The lowest BCUT2D eigenvalue weighted by Crippen LogP contribution is -2.44. The number of hydrogen-bond acceptors (Lipinski definition) is 2. The van der Waals surface area contributed by atoms with Crippen molar-refractivity contribution in [2.45, 2.75) is 25.3 Å². The quantitative estimate of drug-likeness (QED) is 0.691. The van der Waals surface area contributed by atoms with Gasteiger partial charge in [0.05, 0.1) is 0 Å². The summed E-state index contributed by atoms with van der Waals surface area (Å²) in [6.07, 6.45) is 3.72. The number of rotatable bonds is 3. The average Bonchev–Trinajstić information content (AvgIpc) is 2.16. The molecule has 1 atom stereocenters. The van der Waals surface area contributed by atoms with Crippen molar-refractivity contribution in [3.63, 3.8) is 0 Å². The van der Waals surface area contributed by atoms with E-state index < -0.39 is 0 Å². The van der Waals surface area contributed by atoms with E-state index in [1.54, 1.807) is 0 Å². The van der Waals surface area contributed by atoms with Crippen LogP contribution in [0.2, 0.25) is 0 Å². The van der Waals surface area contributed by atoms with Crippen molar-refractivity contribution in [3.8, 4) is 0 Å². The van der Waals surface area contributed by atoms with Crippen LogP contribution in [0.15, 0.2) is 0 Å². The zero-order chi connectivity index (χ0) is 9.68. The minimum Gasteiger partial charge on any atom is -0.353 e. The largest absolute Gasteiger partial charge is 0.353 e. The van der Waals surface area contributed by atoms with Crippen LogP contribution >= 0.6 is 11.6 Å². The zero-order valence-electron chi connectivity index (χ0n) is 8.05. The predicted molar refractivity (Wildman–Crippen MR) is 54.0 cm³/mol. The normalized spacial score (nSPS) is 24.3. The second kappa shape index (κ2) is 5.45. The zero-order valence-corrected chi connectivity index (χ0v) is 8.81. The van der Waals surface area contributed by atoms with Crippen molar-refractivity contribution in [2.75, 3.05) is 26.0 Å². The molecule has 13 heavy (non-hydrogen) atoms. The molecular formula is C9H17ClN2O. The summed E-state index contributed by atoms with van der Waals surface area (Å²) in [4.78, 5) is 13.2. The van der Waals surface area contributed by atoms with Crippen LogP contribution in [0.5, 0.6) is 0 Å². The molecule has 1 rings (SSSR count). The van der Waals surface area contributed by atoms with Gasteiger partial charge in [0.15, 0.2) is 0 Å².